The minimum atomic E-state index is -2.78. The van der Waals surface area contributed by atoms with Gasteiger partial charge in [0.1, 0.15) is 23.5 Å². The SMILES string of the molecule is COC(=O)c1cc(CO[Si](c2ccccc2)(c2ccccc2)C(C)(C)C)cc(Br)c1OCCNC(=O)OC(C)(C)C. The molecule has 3 aromatic rings. The van der Waals surface area contributed by atoms with E-state index >= 15 is 0 Å². The van der Waals surface area contributed by atoms with Crippen molar-refractivity contribution >= 4 is 46.7 Å². The Labute approximate surface area is 252 Å². The molecule has 0 aromatic heterocycles. The van der Waals surface area contributed by atoms with E-state index in [1.807, 2.05) is 42.5 Å². The Morgan fingerprint density at radius 1 is 0.878 bits per heavy atom. The minimum absolute atomic E-state index is 0.125. The highest BCUT2D eigenvalue weighted by Crippen LogP contribution is 2.38. The maximum absolute atomic E-state index is 12.8. The van der Waals surface area contributed by atoms with Crippen LogP contribution in [-0.4, -0.2) is 46.2 Å². The van der Waals surface area contributed by atoms with Crippen LogP contribution >= 0.6 is 15.9 Å². The number of hydrogen-bond acceptors (Lipinski definition) is 6. The number of rotatable bonds is 10. The standard InChI is InChI=1S/C32H40BrNO6Si/c1-31(2,3)40-30(36)34-18-19-38-28-26(29(35)37-7)20-23(21-27(28)33)22-39-41(32(4,5)6,24-14-10-8-11-15-24)25-16-12-9-13-17-25/h8-17,20-21H,18-19,22H2,1-7H3,(H,34,36). The van der Waals surface area contributed by atoms with E-state index in [4.69, 9.17) is 18.6 Å². The van der Waals surface area contributed by atoms with Crippen molar-refractivity contribution in [1.29, 1.82) is 0 Å². The van der Waals surface area contributed by atoms with Gasteiger partial charge in [-0.1, -0.05) is 81.4 Å². The van der Waals surface area contributed by atoms with E-state index in [2.05, 4.69) is 66.3 Å². The molecular weight excluding hydrogens is 602 g/mol. The second-order valence-electron chi connectivity index (χ2n) is 11.7. The van der Waals surface area contributed by atoms with Crippen molar-refractivity contribution in [2.24, 2.45) is 0 Å². The topological polar surface area (TPSA) is 83.1 Å². The predicted octanol–water partition coefficient (Wildman–Crippen LogP) is 6.22. The van der Waals surface area contributed by atoms with Crippen LogP contribution in [0.1, 0.15) is 57.5 Å². The molecule has 0 fully saturated rings. The summed E-state index contributed by atoms with van der Waals surface area (Å²) in [6.07, 6.45) is -0.538. The van der Waals surface area contributed by atoms with Gasteiger partial charge in [-0.15, -0.1) is 0 Å². The first kappa shape index (κ1) is 32.4. The molecular formula is C32H40BrNO6Si. The number of carbonyl (C=O) groups is 2. The number of alkyl carbamates (subject to hydrolysis) is 1. The van der Waals surface area contributed by atoms with E-state index in [0.29, 0.717) is 10.2 Å². The summed E-state index contributed by atoms with van der Waals surface area (Å²) in [6, 6.07) is 24.4. The monoisotopic (exact) mass is 641 g/mol. The van der Waals surface area contributed by atoms with Gasteiger partial charge in [0.05, 0.1) is 24.7 Å². The Hall–Kier alpha value is -3.14. The predicted molar refractivity (Wildman–Crippen MR) is 168 cm³/mol. The molecule has 0 unspecified atom stereocenters. The smallest absolute Gasteiger partial charge is 0.407 e. The van der Waals surface area contributed by atoms with Gasteiger partial charge in [-0.2, -0.15) is 0 Å². The number of hydrogen-bond donors (Lipinski definition) is 1. The van der Waals surface area contributed by atoms with Gasteiger partial charge < -0.3 is 24.0 Å². The number of methoxy groups -OCH3 is 1. The first-order valence-electron chi connectivity index (χ1n) is 13.5. The number of halogens is 1. The third-order valence-corrected chi connectivity index (χ3v) is 12.0. The molecule has 7 nitrogen and oxygen atoms in total. The lowest BCUT2D eigenvalue weighted by molar-refractivity contribution is 0.0516. The largest absolute Gasteiger partial charge is 0.490 e. The molecule has 0 saturated heterocycles. The number of nitrogens with one attached hydrogen (secondary N) is 1. The number of amides is 1. The Bertz CT molecular complexity index is 1280. The lowest BCUT2D eigenvalue weighted by Crippen LogP contribution is -2.66. The molecule has 3 rings (SSSR count). The zero-order valence-electron chi connectivity index (χ0n) is 24.9. The molecule has 1 amide bonds. The second kappa shape index (κ2) is 13.7. The number of benzene rings is 3. The van der Waals surface area contributed by atoms with Gasteiger partial charge in [-0.05, 0) is 69.8 Å². The van der Waals surface area contributed by atoms with Gasteiger partial charge >= 0.3 is 12.1 Å². The first-order valence-corrected chi connectivity index (χ1v) is 16.2. The maximum atomic E-state index is 12.8. The fraction of sp³-hybridized carbons (Fsp3) is 0.375. The summed E-state index contributed by atoms with van der Waals surface area (Å²) in [4.78, 5) is 24.7. The third kappa shape index (κ3) is 8.21. The number of ether oxygens (including phenoxy) is 3. The van der Waals surface area contributed by atoms with E-state index in [0.717, 1.165) is 5.56 Å². The van der Waals surface area contributed by atoms with E-state index in [-0.39, 0.29) is 30.4 Å². The number of esters is 1. The number of carbonyl (C=O) groups excluding carboxylic acids is 2. The van der Waals surface area contributed by atoms with Gasteiger partial charge in [-0.25, -0.2) is 9.59 Å². The highest BCUT2D eigenvalue weighted by molar-refractivity contribution is 9.10. The van der Waals surface area contributed by atoms with Crippen LogP contribution in [-0.2, 0) is 20.5 Å². The van der Waals surface area contributed by atoms with Crippen LogP contribution in [0.15, 0.2) is 77.3 Å². The molecule has 0 atom stereocenters. The third-order valence-electron chi connectivity index (χ3n) is 6.40. The molecule has 1 N–H and O–H groups in total. The average Bonchev–Trinajstić information content (AvgIpc) is 2.91. The first-order chi connectivity index (χ1) is 19.3. The molecule has 3 aromatic carbocycles. The molecule has 9 heteroatoms. The van der Waals surface area contributed by atoms with Gasteiger partial charge in [0.15, 0.2) is 0 Å². The molecule has 0 saturated carbocycles. The Balaban J connectivity index is 1.90. The Morgan fingerprint density at radius 3 is 1.93 bits per heavy atom. The molecule has 0 heterocycles. The summed E-state index contributed by atoms with van der Waals surface area (Å²) in [5.41, 5.74) is 0.461. The average molecular weight is 643 g/mol. The molecule has 220 valence electrons. The summed E-state index contributed by atoms with van der Waals surface area (Å²) in [5.74, 6) is -0.204. The Kier molecular flexibility index (Phi) is 10.8. The van der Waals surface area contributed by atoms with Gasteiger partial charge in [0, 0.05) is 0 Å². The second-order valence-corrected chi connectivity index (χ2v) is 16.8. The van der Waals surface area contributed by atoms with E-state index in [1.165, 1.54) is 17.5 Å². The fourth-order valence-corrected chi connectivity index (χ4v) is 9.88. The van der Waals surface area contributed by atoms with Crippen molar-refractivity contribution in [3.05, 3.63) is 88.4 Å². The summed E-state index contributed by atoms with van der Waals surface area (Å²) in [5, 5.41) is 4.80. The zero-order valence-corrected chi connectivity index (χ0v) is 27.5. The van der Waals surface area contributed by atoms with Crippen LogP contribution in [0.2, 0.25) is 5.04 Å². The fourth-order valence-electron chi connectivity index (χ4n) is 4.71. The van der Waals surface area contributed by atoms with Crippen LogP contribution in [0.5, 0.6) is 5.75 Å². The molecule has 0 bridgehead atoms. The van der Waals surface area contributed by atoms with E-state index in [1.54, 1.807) is 26.8 Å². The van der Waals surface area contributed by atoms with Crippen molar-refractivity contribution in [3.8, 4) is 5.75 Å². The molecule has 0 spiro atoms. The van der Waals surface area contributed by atoms with Crippen molar-refractivity contribution in [3.63, 3.8) is 0 Å². The van der Waals surface area contributed by atoms with Gasteiger partial charge in [-0.3, -0.25) is 0 Å². The van der Waals surface area contributed by atoms with E-state index in [9.17, 15) is 9.59 Å². The van der Waals surface area contributed by atoms with Crippen molar-refractivity contribution in [2.45, 2.75) is 58.8 Å². The highest BCUT2D eigenvalue weighted by atomic mass is 79.9. The molecule has 41 heavy (non-hydrogen) atoms. The lowest BCUT2D eigenvalue weighted by atomic mass is 10.1. The zero-order chi connectivity index (χ0) is 30.3. The summed E-state index contributed by atoms with van der Waals surface area (Å²) >= 11 is 3.58. The van der Waals surface area contributed by atoms with Crippen LogP contribution < -0.4 is 20.4 Å². The summed E-state index contributed by atoms with van der Waals surface area (Å²) in [6.45, 7) is 12.6. The van der Waals surface area contributed by atoms with Crippen LogP contribution in [0.4, 0.5) is 4.79 Å². The summed E-state index contributed by atoms with van der Waals surface area (Å²) in [7, 11) is -1.46. The highest BCUT2D eigenvalue weighted by Gasteiger charge is 2.50. The van der Waals surface area contributed by atoms with Crippen molar-refractivity contribution in [1.82, 2.24) is 5.32 Å². The van der Waals surface area contributed by atoms with Crippen molar-refractivity contribution < 1.29 is 28.2 Å². The molecule has 0 aliphatic rings. The maximum Gasteiger partial charge on any atom is 0.407 e. The summed E-state index contributed by atoms with van der Waals surface area (Å²) < 4.78 is 23.9. The van der Waals surface area contributed by atoms with Gasteiger partial charge in [0.25, 0.3) is 8.32 Å². The van der Waals surface area contributed by atoms with Gasteiger partial charge in [0.2, 0.25) is 0 Å². The van der Waals surface area contributed by atoms with Crippen LogP contribution in [0, 0.1) is 0 Å². The molecule has 0 aliphatic heterocycles. The Morgan fingerprint density at radius 2 is 1.44 bits per heavy atom. The quantitative estimate of drug-likeness (QED) is 0.161. The normalized spacial score (nSPS) is 12.0. The minimum Gasteiger partial charge on any atom is -0.490 e. The van der Waals surface area contributed by atoms with Crippen LogP contribution in [0.3, 0.4) is 0 Å². The molecule has 0 aliphatic carbocycles. The van der Waals surface area contributed by atoms with E-state index < -0.39 is 26.0 Å². The van der Waals surface area contributed by atoms with Crippen molar-refractivity contribution in [2.75, 3.05) is 20.3 Å². The molecule has 0 radical (unpaired) electrons. The van der Waals surface area contributed by atoms with Crippen LogP contribution in [0.25, 0.3) is 0 Å². The lowest BCUT2D eigenvalue weighted by Gasteiger charge is -2.43.